The van der Waals surface area contributed by atoms with E-state index in [9.17, 15) is 4.79 Å². The normalized spacial score (nSPS) is 14.4. The molecule has 0 aliphatic heterocycles. The molecular weight excluding hydrogens is 294 g/mol. The Labute approximate surface area is 126 Å². The van der Waals surface area contributed by atoms with E-state index in [0.717, 1.165) is 46.2 Å². The SMILES string of the molecule is O=C(CCCNc1nc2ccc(Cl)cc2s1)NC1CC1. The number of nitrogens with one attached hydrogen (secondary N) is 2. The van der Waals surface area contributed by atoms with Crippen LogP contribution in [0.3, 0.4) is 0 Å². The number of rotatable bonds is 6. The van der Waals surface area contributed by atoms with Crippen LogP contribution in [0, 0.1) is 0 Å². The highest BCUT2D eigenvalue weighted by atomic mass is 35.5. The number of hydrogen-bond donors (Lipinski definition) is 2. The molecular formula is C14H16ClN3OS. The molecule has 1 aromatic carbocycles. The number of nitrogens with zero attached hydrogens (tertiary/aromatic N) is 1. The average molecular weight is 310 g/mol. The third-order valence-electron chi connectivity index (χ3n) is 3.15. The van der Waals surface area contributed by atoms with Gasteiger partial charge in [-0.15, -0.1) is 0 Å². The Kier molecular flexibility index (Phi) is 4.08. The lowest BCUT2D eigenvalue weighted by Crippen LogP contribution is -2.25. The van der Waals surface area contributed by atoms with Crippen LogP contribution < -0.4 is 10.6 Å². The molecule has 0 atom stereocenters. The summed E-state index contributed by atoms with van der Waals surface area (Å²) in [6.45, 7) is 0.756. The molecule has 0 saturated heterocycles. The number of carbonyl (C=O) groups is 1. The van der Waals surface area contributed by atoms with Crippen LogP contribution in [-0.2, 0) is 4.79 Å². The lowest BCUT2D eigenvalue weighted by molar-refractivity contribution is -0.121. The maximum atomic E-state index is 11.5. The molecule has 20 heavy (non-hydrogen) atoms. The first kappa shape index (κ1) is 13.6. The van der Waals surface area contributed by atoms with Gasteiger partial charge < -0.3 is 10.6 Å². The van der Waals surface area contributed by atoms with E-state index in [-0.39, 0.29) is 5.91 Å². The first-order valence-electron chi connectivity index (χ1n) is 6.80. The second kappa shape index (κ2) is 5.97. The van der Waals surface area contributed by atoms with Gasteiger partial charge in [0.05, 0.1) is 10.2 Å². The highest BCUT2D eigenvalue weighted by Crippen LogP contribution is 2.28. The molecule has 3 rings (SSSR count). The zero-order valence-electron chi connectivity index (χ0n) is 11.0. The van der Waals surface area contributed by atoms with Gasteiger partial charge in [0.25, 0.3) is 0 Å². The van der Waals surface area contributed by atoms with Gasteiger partial charge in [0.2, 0.25) is 5.91 Å². The van der Waals surface area contributed by atoms with Gasteiger partial charge in [-0.1, -0.05) is 22.9 Å². The van der Waals surface area contributed by atoms with Crippen molar-refractivity contribution in [1.29, 1.82) is 0 Å². The third-order valence-corrected chi connectivity index (χ3v) is 4.36. The maximum Gasteiger partial charge on any atom is 0.220 e. The average Bonchev–Trinajstić information content (AvgIpc) is 3.12. The fraction of sp³-hybridized carbons (Fsp3) is 0.429. The Bertz CT molecular complexity index is 624. The van der Waals surface area contributed by atoms with Crippen molar-refractivity contribution in [2.45, 2.75) is 31.7 Å². The Morgan fingerprint density at radius 2 is 2.30 bits per heavy atom. The van der Waals surface area contributed by atoms with E-state index in [2.05, 4.69) is 15.6 Å². The predicted molar refractivity (Wildman–Crippen MR) is 83.5 cm³/mol. The first-order chi connectivity index (χ1) is 9.70. The molecule has 6 heteroatoms. The minimum atomic E-state index is 0.158. The molecule has 1 saturated carbocycles. The van der Waals surface area contributed by atoms with Gasteiger partial charge in [-0.05, 0) is 37.5 Å². The molecule has 4 nitrogen and oxygen atoms in total. The molecule has 0 radical (unpaired) electrons. The standard InChI is InChI=1S/C14H16ClN3OS/c15-9-3-6-11-12(8-9)20-14(18-11)16-7-1-2-13(19)17-10-4-5-10/h3,6,8,10H,1-2,4-5,7H2,(H,16,18)(H,17,19). The summed E-state index contributed by atoms with van der Waals surface area (Å²) in [5.41, 5.74) is 0.952. The quantitative estimate of drug-likeness (QED) is 0.804. The Balaban J connectivity index is 1.45. The summed E-state index contributed by atoms with van der Waals surface area (Å²) >= 11 is 7.53. The Morgan fingerprint density at radius 3 is 3.10 bits per heavy atom. The number of aromatic nitrogens is 1. The van der Waals surface area contributed by atoms with Gasteiger partial charge in [-0.2, -0.15) is 0 Å². The number of thiazole rings is 1. The molecule has 1 amide bonds. The number of anilines is 1. The molecule has 2 N–H and O–H groups in total. The Morgan fingerprint density at radius 1 is 1.45 bits per heavy atom. The topological polar surface area (TPSA) is 54.0 Å². The van der Waals surface area contributed by atoms with Crippen LogP contribution in [-0.4, -0.2) is 23.5 Å². The highest BCUT2D eigenvalue weighted by molar-refractivity contribution is 7.22. The smallest absolute Gasteiger partial charge is 0.220 e. The largest absolute Gasteiger partial charge is 0.361 e. The van der Waals surface area contributed by atoms with Crippen LogP contribution in [0.1, 0.15) is 25.7 Å². The molecule has 1 aliphatic rings. The first-order valence-corrected chi connectivity index (χ1v) is 7.99. The van der Waals surface area contributed by atoms with E-state index in [1.165, 1.54) is 0 Å². The summed E-state index contributed by atoms with van der Waals surface area (Å²) in [6.07, 6.45) is 3.66. The maximum absolute atomic E-state index is 11.5. The van der Waals surface area contributed by atoms with Crippen LogP contribution in [0.2, 0.25) is 5.02 Å². The number of benzene rings is 1. The molecule has 1 heterocycles. The van der Waals surface area contributed by atoms with Crippen LogP contribution in [0.5, 0.6) is 0 Å². The fourth-order valence-electron chi connectivity index (χ4n) is 1.95. The molecule has 2 aromatic rings. The molecule has 1 fully saturated rings. The van der Waals surface area contributed by atoms with Crippen LogP contribution in [0.15, 0.2) is 18.2 Å². The number of amides is 1. The summed E-state index contributed by atoms with van der Waals surface area (Å²) in [5.74, 6) is 0.158. The van der Waals surface area contributed by atoms with Crippen molar-refractivity contribution < 1.29 is 4.79 Å². The zero-order valence-corrected chi connectivity index (χ0v) is 12.6. The summed E-state index contributed by atoms with van der Waals surface area (Å²) in [5, 5.41) is 7.85. The minimum absolute atomic E-state index is 0.158. The lowest BCUT2D eigenvalue weighted by atomic mass is 10.3. The molecule has 0 bridgehead atoms. The van der Waals surface area contributed by atoms with E-state index in [1.807, 2.05) is 18.2 Å². The van der Waals surface area contributed by atoms with Crippen LogP contribution in [0.25, 0.3) is 10.2 Å². The summed E-state index contributed by atoms with van der Waals surface area (Å²) in [4.78, 5) is 16.0. The predicted octanol–water partition coefficient (Wildman–Crippen LogP) is 3.42. The summed E-state index contributed by atoms with van der Waals surface area (Å²) < 4.78 is 1.08. The third kappa shape index (κ3) is 3.61. The van der Waals surface area contributed by atoms with Crippen LogP contribution in [0.4, 0.5) is 5.13 Å². The second-order valence-electron chi connectivity index (χ2n) is 5.00. The van der Waals surface area contributed by atoms with Crippen molar-refractivity contribution in [3.8, 4) is 0 Å². The van der Waals surface area contributed by atoms with Gasteiger partial charge in [-0.25, -0.2) is 4.98 Å². The molecule has 0 spiro atoms. The summed E-state index contributed by atoms with van der Waals surface area (Å²) in [7, 11) is 0. The van der Waals surface area contributed by atoms with Crippen molar-refractivity contribution in [3.63, 3.8) is 0 Å². The summed E-state index contributed by atoms with van der Waals surface area (Å²) in [6, 6.07) is 6.13. The van der Waals surface area contributed by atoms with Gasteiger partial charge >= 0.3 is 0 Å². The monoisotopic (exact) mass is 309 g/mol. The number of hydrogen-bond acceptors (Lipinski definition) is 4. The minimum Gasteiger partial charge on any atom is -0.361 e. The molecule has 1 aliphatic carbocycles. The van der Waals surface area contributed by atoms with E-state index in [0.29, 0.717) is 12.5 Å². The number of carbonyl (C=O) groups excluding carboxylic acids is 1. The van der Waals surface area contributed by atoms with Crippen molar-refractivity contribution in [1.82, 2.24) is 10.3 Å². The van der Waals surface area contributed by atoms with Crippen LogP contribution >= 0.6 is 22.9 Å². The zero-order chi connectivity index (χ0) is 13.9. The van der Waals surface area contributed by atoms with Crippen molar-refractivity contribution >= 4 is 44.2 Å². The highest BCUT2D eigenvalue weighted by Gasteiger charge is 2.22. The Hall–Kier alpha value is -1.33. The van der Waals surface area contributed by atoms with E-state index >= 15 is 0 Å². The van der Waals surface area contributed by atoms with Gasteiger partial charge in [-0.3, -0.25) is 4.79 Å². The van der Waals surface area contributed by atoms with E-state index in [1.54, 1.807) is 11.3 Å². The second-order valence-corrected chi connectivity index (χ2v) is 6.47. The van der Waals surface area contributed by atoms with E-state index in [4.69, 9.17) is 11.6 Å². The van der Waals surface area contributed by atoms with E-state index < -0.39 is 0 Å². The fourth-order valence-corrected chi connectivity index (χ4v) is 3.11. The number of halogens is 1. The molecule has 0 unspecified atom stereocenters. The number of fused-ring (bicyclic) bond motifs is 1. The van der Waals surface area contributed by atoms with Gasteiger partial charge in [0.15, 0.2) is 5.13 Å². The van der Waals surface area contributed by atoms with Gasteiger partial charge in [0.1, 0.15) is 0 Å². The molecule has 1 aromatic heterocycles. The molecule has 106 valence electrons. The van der Waals surface area contributed by atoms with Crippen molar-refractivity contribution in [2.75, 3.05) is 11.9 Å². The van der Waals surface area contributed by atoms with Crippen molar-refractivity contribution in [2.24, 2.45) is 0 Å². The van der Waals surface area contributed by atoms with Gasteiger partial charge in [0, 0.05) is 24.0 Å². The van der Waals surface area contributed by atoms with Crippen molar-refractivity contribution in [3.05, 3.63) is 23.2 Å². The lowest BCUT2D eigenvalue weighted by Gasteiger charge is -2.03.